The minimum Gasteiger partial charge on any atom is -0.454 e. The van der Waals surface area contributed by atoms with E-state index in [1.807, 2.05) is 24.3 Å². The number of benzene rings is 2. The molecule has 1 amide bonds. The van der Waals surface area contributed by atoms with Crippen LogP contribution in [-0.4, -0.2) is 40.0 Å². The lowest BCUT2D eigenvalue weighted by Gasteiger charge is -2.31. The van der Waals surface area contributed by atoms with Gasteiger partial charge in [0.25, 0.3) is 5.91 Å². The van der Waals surface area contributed by atoms with E-state index in [9.17, 15) is 10.1 Å². The minimum absolute atomic E-state index is 0.192. The lowest BCUT2D eigenvalue weighted by molar-refractivity contribution is -0.122. The second kappa shape index (κ2) is 10.5. The first-order valence-corrected chi connectivity index (χ1v) is 13.6. The summed E-state index contributed by atoms with van der Waals surface area (Å²) in [5, 5.41) is 9.70. The molecule has 192 valence electrons. The zero-order valence-electron chi connectivity index (χ0n) is 20.5. The van der Waals surface area contributed by atoms with Gasteiger partial charge in [0.1, 0.15) is 10.4 Å². The maximum atomic E-state index is 13.2. The molecule has 3 aliphatic rings. The Kier molecular flexibility index (Phi) is 6.79. The summed E-state index contributed by atoms with van der Waals surface area (Å²) in [4.78, 5) is 21.5. The number of hydrogen-bond donors (Lipinski definition) is 0. The summed E-state index contributed by atoms with van der Waals surface area (Å²) in [6.45, 7) is 2.09. The third kappa shape index (κ3) is 4.99. The fraction of sp³-hybridized carbons (Fsp3) is 0.286. The molecule has 0 saturated carbocycles. The molecule has 0 aliphatic carbocycles. The number of rotatable bonds is 6. The molecule has 0 radical (unpaired) electrons. The van der Waals surface area contributed by atoms with E-state index in [2.05, 4.69) is 40.2 Å². The van der Waals surface area contributed by atoms with Crippen molar-refractivity contribution in [2.24, 2.45) is 5.92 Å². The number of amides is 1. The standard InChI is InChI=1S/C28H24N4O4S2/c29-15-21-27(31-10-8-19(9-11-31)12-18-4-2-1-3-5-18)36-25(30-21)14-24-26(33)32(28(37)38-24)16-20-6-7-22-23(13-20)35-17-34-22/h1-7,13-14,19H,8-12,16-17H2/b24-14+. The Balaban J connectivity index is 1.13. The zero-order valence-corrected chi connectivity index (χ0v) is 22.1. The molecule has 4 heterocycles. The molecule has 8 nitrogen and oxygen atoms in total. The first-order valence-electron chi connectivity index (χ1n) is 12.4. The van der Waals surface area contributed by atoms with Crippen LogP contribution in [0.5, 0.6) is 11.5 Å². The molecular formula is C28H24N4O4S2. The van der Waals surface area contributed by atoms with Gasteiger partial charge in [-0.25, -0.2) is 0 Å². The van der Waals surface area contributed by atoms with E-state index in [0.29, 0.717) is 39.1 Å². The number of thiocarbonyl (C=S) groups is 1. The molecule has 38 heavy (non-hydrogen) atoms. The third-order valence-electron chi connectivity index (χ3n) is 6.91. The summed E-state index contributed by atoms with van der Waals surface area (Å²) in [6, 6.07) is 18.2. The van der Waals surface area contributed by atoms with Gasteiger partial charge in [0.2, 0.25) is 24.3 Å². The molecule has 0 spiro atoms. The van der Waals surface area contributed by atoms with Crippen LogP contribution < -0.4 is 14.4 Å². The van der Waals surface area contributed by atoms with Gasteiger partial charge in [-0.3, -0.25) is 9.69 Å². The van der Waals surface area contributed by atoms with Gasteiger partial charge in [0.05, 0.1) is 11.4 Å². The van der Waals surface area contributed by atoms with Crippen LogP contribution in [0, 0.1) is 17.2 Å². The number of ether oxygens (including phenoxy) is 2. The van der Waals surface area contributed by atoms with Crippen LogP contribution in [-0.2, 0) is 17.8 Å². The number of piperidine rings is 1. The number of oxazole rings is 1. The molecule has 2 saturated heterocycles. The average molecular weight is 545 g/mol. The van der Waals surface area contributed by atoms with Crippen molar-refractivity contribution in [1.29, 1.82) is 5.26 Å². The van der Waals surface area contributed by atoms with Gasteiger partial charge < -0.3 is 18.8 Å². The maximum absolute atomic E-state index is 13.2. The third-order valence-corrected chi connectivity index (χ3v) is 8.28. The van der Waals surface area contributed by atoms with Gasteiger partial charge >= 0.3 is 0 Å². The van der Waals surface area contributed by atoms with Crippen molar-refractivity contribution in [1.82, 2.24) is 9.88 Å². The van der Waals surface area contributed by atoms with Gasteiger partial charge in [-0.15, -0.1) is 0 Å². The number of nitrogens with zero attached hydrogens (tertiary/aromatic N) is 4. The van der Waals surface area contributed by atoms with Crippen molar-refractivity contribution in [3.8, 4) is 17.6 Å². The minimum atomic E-state index is -0.224. The SMILES string of the molecule is N#Cc1nc(/C=C2/SC(=S)N(Cc3ccc4c(c3)OCO4)C2=O)oc1N1CCC(Cc2ccccc2)CC1. The monoisotopic (exact) mass is 544 g/mol. The van der Waals surface area contributed by atoms with Gasteiger partial charge in [-0.2, -0.15) is 10.2 Å². The Hall–Kier alpha value is -3.81. The number of nitriles is 1. The number of aromatic nitrogens is 1. The highest BCUT2D eigenvalue weighted by Crippen LogP contribution is 2.37. The highest BCUT2D eigenvalue weighted by molar-refractivity contribution is 8.26. The molecule has 3 aromatic rings. The Morgan fingerprint density at radius 2 is 1.89 bits per heavy atom. The first-order chi connectivity index (χ1) is 18.6. The Bertz CT molecular complexity index is 1460. The molecule has 0 atom stereocenters. The van der Waals surface area contributed by atoms with Crippen molar-refractivity contribution >= 4 is 46.2 Å². The quantitative estimate of drug-likeness (QED) is 0.309. The fourth-order valence-corrected chi connectivity index (χ4v) is 6.15. The fourth-order valence-electron chi connectivity index (χ4n) is 4.94. The maximum Gasteiger partial charge on any atom is 0.266 e. The van der Waals surface area contributed by atoms with Crippen LogP contribution in [0.2, 0.25) is 0 Å². The van der Waals surface area contributed by atoms with Gasteiger partial charge in [0, 0.05) is 19.2 Å². The highest BCUT2D eigenvalue weighted by atomic mass is 32.2. The van der Waals surface area contributed by atoms with Crippen LogP contribution >= 0.6 is 24.0 Å². The lowest BCUT2D eigenvalue weighted by Crippen LogP contribution is -2.34. The molecule has 10 heteroatoms. The van der Waals surface area contributed by atoms with Gasteiger partial charge in [-0.05, 0) is 48.4 Å². The van der Waals surface area contributed by atoms with E-state index in [1.54, 1.807) is 6.08 Å². The van der Waals surface area contributed by atoms with E-state index in [0.717, 1.165) is 37.9 Å². The molecule has 6 rings (SSSR count). The molecule has 3 aliphatic heterocycles. The van der Waals surface area contributed by atoms with Crippen LogP contribution in [0.4, 0.5) is 5.88 Å². The van der Waals surface area contributed by atoms with Gasteiger partial charge in [0.15, 0.2) is 11.5 Å². The normalized spacial score (nSPS) is 18.4. The average Bonchev–Trinajstić information content (AvgIpc) is 3.64. The number of fused-ring (bicyclic) bond motifs is 1. The number of anilines is 1. The van der Waals surface area contributed by atoms with E-state index < -0.39 is 0 Å². The topological polar surface area (TPSA) is 91.8 Å². The second-order valence-electron chi connectivity index (χ2n) is 9.39. The highest BCUT2D eigenvalue weighted by Gasteiger charge is 2.33. The van der Waals surface area contributed by atoms with Crippen molar-refractivity contribution in [3.05, 3.63) is 76.1 Å². The summed E-state index contributed by atoms with van der Waals surface area (Å²) in [5.74, 6) is 2.40. The van der Waals surface area contributed by atoms with Crippen molar-refractivity contribution in [2.45, 2.75) is 25.8 Å². The summed E-state index contributed by atoms with van der Waals surface area (Å²) in [5.41, 5.74) is 2.46. The van der Waals surface area contributed by atoms with Gasteiger partial charge in [-0.1, -0.05) is 60.4 Å². The number of carbonyl (C=O) groups is 1. The summed E-state index contributed by atoms with van der Waals surface area (Å²) in [6.07, 6.45) is 4.64. The predicted molar refractivity (Wildman–Crippen MR) is 148 cm³/mol. The predicted octanol–water partition coefficient (Wildman–Crippen LogP) is 5.14. The summed E-state index contributed by atoms with van der Waals surface area (Å²) >= 11 is 6.68. The van der Waals surface area contributed by atoms with E-state index in [-0.39, 0.29) is 24.3 Å². The smallest absolute Gasteiger partial charge is 0.266 e. The van der Waals surface area contributed by atoms with Crippen molar-refractivity contribution < 1.29 is 18.7 Å². The number of carbonyl (C=O) groups excluding carboxylic acids is 1. The van der Waals surface area contributed by atoms with E-state index in [4.69, 9.17) is 26.1 Å². The van der Waals surface area contributed by atoms with E-state index in [1.165, 1.54) is 22.2 Å². The van der Waals surface area contributed by atoms with Crippen LogP contribution in [0.1, 0.15) is 35.6 Å². The lowest BCUT2D eigenvalue weighted by atomic mass is 9.90. The molecule has 1 aromatic heterocycles. The van der Waals surface area contributed by atoms with Crippen molar-refractivity contribution in [3.63, 3.8) is 0 Å². The Labute approximate surface area is 229 Å². The van der Waals surface area contributed by atoms with Crippen molar-refractivity contribution in [2.75, 3.05) is 24.8 Å². The number of hydrogen-bond acceptors (Lipinski definition) is 9. The van der Waals surface area contributed by atoms with Crippen LogP contribution in [0.3, 0.4) is 0 Å². The molecule has 0 unspecified atom stereocenters. The largest absolute Gasteiger partial charge is 0.454 e. The summed E-state index contributed by atoms with van der Waals surface area (Å²) in [7, 11) is 0. The number of thioether (sulfide) groups is 1. The summed E-state index contributed by atoms with van der Waals surface area (Å²) < 4.78 is 17.3. The van der Waals surface area contributed by atoms with Crippen LogP contribution in [0.25, 0.3) is 6.08 Å². The van der Waals surface area contributed by atoms with Crippen LogP contribution in [0.15, 0.2) is 57.9 Å². The molecule has 0 N–H and O–H groups in total. The zero-order chi connectivity index (χ0) is 26.1. The second-order valence-corrected chi connectivity index (χ2v) is 11.1. The molecule has 2 aromatic carbocycles. The Morgan fingerprint density at radius 3 is 2.68 bits per heavy atom. The Morgan fingerprint density at radius 1 is 1.11 bits per heavy atom. The molecule has 2 fully saturated rings. The molecule has 0 bridgehead atoms. The van der Waals surface area contributed by atoms with E-state index >= 15 is 0 Å². The first kappa shape index (κ1) is 24.5. The molecular weight excluding hydrogens is 520 g/mol.